The van der Waals surface area contributed by atoms with Crippen LogP contribution in [0.5, 0.6) is 5.75 Å². The molecule has 0 unspecified atom stereocenters. The van der Waals surface area contributed by atoms with Gasteiger partial charge in [0, 0.05) is 5.02 Å². The van der Waals surface area contributed by atoms with Gasteiger partial charge in [0.25, 0.3) is 5.91 Å². The van der Waals surface area contributed by atoms with E-state index in [1.54, 1.807) is 24.4 Å². The number of hydrogen-bond donors (Lipinski definition) is 1. The van der Waals surface area contributed by atoms with Gasteiger partial charge in [0.2, 0.25) is 0 Å². The number of nitrogens with zero attached hydrogens (tertiary/aromatic N) is 1. The molecular weight excluding hydrogens is 348 g/mol. The van der Waals surface area contributed by atoms with Crippen LogP contribution in [0, 0.1) is 6.92 Å². The van der Waals surface area contributed by atoms with Crippen molar-refractivity contribution >= 4 is 23.7 Å². The molecule has 0 saturated heterocycles. The van der Waals surface area contributed by atoms with Gasteiger partial charge in [0.05, 0.1) is 6.21 Å². The molecule has 5 heteroatoms. The maximum absolute atomic E-state index is 11.8. The van der Waals surface area contributed by atoms with E-state index >= 15 is 0 Å². The summed E-state index contributed by atoms with van der Waals surface area (Å²) in [5.74, 6) is 0.318. The zero-order valence-electron chi connectivity index (χ0n) is 15.3. The lowest BCUT2D eigenvalue weighted by molar-refractivity contribution is -0.123. The van der Waals surface area contributed by atoms with E-state index in [1.165, 1.54) is 24.8 Å². The van der Waals surface area contributed by atoms with Gasteiger partial charge in [0.15, 0.2) is 6.61 Å². The van der Waals surface area contributed by atoms with Gasteiger partial charge in [-0.3, -0.25) is 4.79 Å². The molecule has 138 valence electrons. The number of ether oxygens (including phenoxy) is 1. The van der Waals surface area contributed by atoms with Crippen molar-refractivity contribution in [3.63, 3.8) is 0 Å². The number of benzene rings is 2. The average Bonchev–Trinajstić information content (AvgIpc) is 2.62. The summed E-state index contributed by atoms with van der Waals surface area (Å²) in [6.45, 7) is 3.98. The normalized spacial score (nSPS) is 10.9. The molecular formula is C21H25ClN2O2. The first-order chi connectivity index (χ1) is 12.6. The number of amides is 1. The molecule has 0 saturated carbocycles. The number of carbonyl (C=O) groups is 1. The molecule has 2 aromatic carbocycles. The van der Waals surface area contributed by atoms with Crippen molar-refractivity contribution in [1.29, 1.82) is 0 Å². The van der Waals surface area contributed by atoms with Crippen LogP contribution in [0.3, 0.4) is 0 Å². The summed E-state index contributed by atoms with van der Waals surface area (Å²) in [7, 11) is 0. The summed E-state index contributed by atoms with van der Waals surface area (Å²) < 4.78 is 5.47. The number of hydrogen-bond acceptors (Lipinski definition) is 3. The Labute approximate surface area is 160 Å². The molecule has 0 fully saturated rings. The van der Waals surface area contributed by atoms with Crippen LogP contribution >= 0.6 is 11.6 Å². The zero-order valence-corrected chi connectivity index (χ0v) is 16.1. The summed E-state index contributed by atoms with van der Waals surface area (Å²) >= 11 is 5.89. The number of rotatable bonds is 9. The molecule has 0 spiro atoms. The highest BCUT2D eigenvalue weighted by molar-refractivity contribution is 6.30. The van der Waals surface area contributed by atoms with E-state index in [1.807, 2.05) is 19.1 Å². The summed E-state index contributed by atoms with van der Waals surface area (Å²) in [5.41, 5.74) is 5.62. The number of carbonyl (C=O) groups excluding carboxylic acids is 1. The lowest BCUT2D eigenvalue weighted by Gasteiger charge is -2.08. The fraction of sp³-hybridized carbons (Fsp3) is 0.333. The summed E-state index contributed by atoms with van der Waals surface area (Å²) in [6, 6.07) is 13.5. The largest absolute Gasteiger partial charge is 0.483 e. The van der Waals surface area contributed by atoms with Gasteiger partial charge in [-0.15, -0.1) is 0 Å². The SMILES string of the molecule is CCCCCc1ccc(C=NNC(=O)COc2ccc(Cl)cc2C)cc1. The van der Waals surface area contributed by atoms with Crippen LogP contribution in [0.1, 0.15) is 42.9 Å². The second-order valence-corrected chi connectivity index (χ2v) is 6.63. The summed E-state index contributed by atoms with van der Waals surface area (Å²) in [6.07, 6.45) is 6.43. The molecule has 0 atom stereocenters. The Morgan fingerprint density at radius 3 is 2.65 bits per heavy atom. The maximum Gasteiger partial charge on any atom is 0.277 e. The van der Waals surface area contributed by atoms with E-state index < -0.39 is 0 Å². The molecule has 26 heavy (non-hydrogen) atoms. The fourth-order valence-electron chi connectivity index (χ4n) is 2.48. The highest BCUT2D eigenvalue weighted by Gasteiger charge is 2.04. The van der Waals surface area contributed by atoms with Crippen LogP contribution in [0.25, 0.3) is 0 Å². The van der Waals surface area contributed by atoms with Crippen LogP contribution in [-0.4, -0.2) is 18.7 Å². The van der Waals surface area contributed by atoms with Crippen molar-refractivity contribution in [2.24, 2.45) is 5.10 Å². The number of hydrazone groups is 1. The fourth-order valence-corrected chi connectivity index (χ4v) is 2.71. The third-order valence-electron chi connectivity index (χ3n) is 3.95. The minimum absolute atomic E-state index is 0.101. The lowest BCUT2D eigenvalue weighted by atomic mass is 10.1. The van der Waals surface area contributed by atoms with E-state index in [9.17, 15) is 4.79 Å². The third kappa shape index (κ3) is 6.89. The minimum Gasteiger partial charge on any atom is -0.483 e. The zero-order chi connectivity index (χ0) is 18.8. The van der Waals surface area contributed by atoms with Crippen LogP contribution in [0.2, 0.25) is 5.02 Å². The first-order valence-electron chi connectivity index (χ1n) is 8.88. The topological polar surface area (TPSA) is 50.7 Å². The quantitative estimate of drug-likeness (QED) is 0.386. The predicted octanol–water partition coefficient (Wildman–Crippen LogP) is 4.91. The van der Waals surface area contributed by atoms with Gasteiger partial charge < -0.3 is 4.74 Å². The second-order valence-electron chi connectivity index (χ2n) is 6.19. The van der Waals surface area contributed by atoms with Gasteiger partial charge in [0.1, 0.15) is 5.75 Å². The molecule has 1 N–H and O–H groups in total. The predicted molar refractivity (Wildman–Crippen MR) is 107 cm³/mol. The maximum atomic E-state index is 11.8. The first-order valence-corrected chi connectivity index (χ1v) is 9.26. The average molecular weight is 373 g/mol. The Morgan fingerprint density at radius 2 is 1.96 bits per heavy atom. The number of halogens is 1. The molecule has 0 radical (unpaired) electrons. The Morgan fingerprint density at radius 1 is 1.19 bits per heavy atom. The smallest absolute Gasteiger partial charge is 0.277 e. The molecule has 0 aliphatic heterocycles. The molecule has 0 heterocycles. The third-order valence-corrected chi connectivity index (χ3v) is 4.18. The first kappa shape index (κ1) is 20.0. The van der Waals surface area contributed by atoms with E-state index in [0.29, 0.717) is 10.8 Å². The molecule has 4 nitrogen and oxygen atoms in total. The minimum atomic E-state index is -0.313. The van der Waals surface area contributed by atoms with Crippen LogP contribution < -0.4 is 10.2 Å². The van der Waals surface area contributed by atoms with Crippen molar-refractivity contribution in [1.82, 2.24) is 5.43 Å². The summed E-state index contributed by atoms with van der Waals surface area (Å²) in [4.78, 5) is 11.8. The van der Waals surface area contributed by atoms with Crippen molar-refractivity contribution in [2.75, 3.05) is 6.61 Å². The van der Waals surface area contributed by atoms with Crippen LogP contribution in [0.15, 0.2) is 47.6 Å². The van der Waals surface area contributed by atoms with Crippen molar-refractivity contribution < 1.29 is 9.53 Å². The molecule has 0 aromatic heterocycles. The highest BCUT2D eigenvalue weighted by Crippen LogP contribution is 2.21. The van der Waals surface area contributed by atoms with Crippen molar-refractivity contribution in [3.8, 4) is 5.75 Å². The Balaban J connectivity index is 1.75. The van der Waals surface area contributed by atoms with Crippen LogP contribution in [-0.2, 0) is 11.2 Å². The van der Waals surface area contributed by atoms with Gasteiger partial charge in [-0.25, -0.2) is 5.43 Å². The van der Waals surface area contributed by atoms with Crippen LogP contribution in [0.4, 0.5) is 0 Å². The monoisotopic (exact) mass is 372 g/mol. The van der Waals surface area contributed by atoms with Crippen molar-refractivity contribution in [2.45, 2.75) is 39.5 Å². The molecule has 2 rings (SSSR count). The molecule has 0 bridgehead atoms. The Hall–Kier alpha value is -2.33. The number of unbranched alkanes of at least 4 members (excludes halogenated alkanes) is 2. The Kier molecular flexibility index (Phi) is 8.16. The molecule has 2 aromatic rings. The lowest BCUT2D eigenvalue weighted by Crippen LogP contribution is -2.24. The molecule has 0 aliphatic carbocycles. The highest BCUT2D eigenvalue weighted by atomic mass is 35.5. The molecule has 0 aliphatic rings. The van der Waals surface area contributed by atoms with Crippen molar-refractivity contribution in [3.05, 3.63) is 64.2 Å². The van der Waals surface area contributed by atoms with Gasteiger partial charge in [-0.05, 0) is 54.7 Å². The summed E-state index contributed by atoms with van der Waals surface area (Å²) in [5, 5.41) is 4.61. The second kappa shape index (κ2) is 10.6. The standard InChI is InChI=1S/C21H25ClN2O2/c1-3-4-5-6-17-7-9-18(10-8-17)14-23-24-21(25)15-26-20-12-11-19(22)13-16(20)2/h7-14H,3-6,15H2,1-2H3,(H,24,25). The van der Waals surface area contributed by atoms with E-state index in [-0.39, 0.29) is 12.5 Å². The number of aryl methyl sites for hydroxylation is 2. The van der Waals surface area contributed by atoms with Gasteiger partial charge in [-0.2, -0.15) is 5.10 Å². The van der Waals surface area contributed by atoms with E-state index in [0.717, 1.165) is 17.5 Å². The Bertz CT molecular complexity index is 742. The number of nitrogens with one attached hydrogen (secondary N) is 1. The van der Waals surface area contributed by atoms with Gasteiger partial charge in [-0.1, -0.05) is 55.6 Å². The van der Waals surface area contributed by atoms with E-state index in [4.69, 9.17) is 16.3 Å². The van der Waals surface area contributed by atoms with E-state index in [2.05, 4.69) is 29.6 Å². The molecule has 1 amide bonds. The van der Waals surface area contributed by atoms with Gasteiger partial charge >= 0.3 is 0 Å².